The van der Waals surface area contributed by atoms with Crippen LogP contribution in [0.1, 0.15) is 17.5 Å². The largest absolute Gasteiger partial charge is 0.491 e. The summed E-state index contributed by atoms with van der Waals surface area (Å²) < 4.78 is 5.79. The van der Waals surface area contributed by atoms with Gasteiger partial charge in [0.25, 0.3) is 0 Å². The van der Waals surface area contributed by atoms with Gasteiger partial charge in [-0.3, -0.25) is 10.3 Å². The maximum absolute atomic E-state index is 12.4. The number of anilines is 3. The number of nitrogens with zero attached hydrogens (tertiary/aromatic N) is 2. The molecule has 2 aromatic carbocycles. The van der Waals surface area contributed by atoms with Crippen LogP contribution in [0.15, 0.2) is 54.7 Å². The van der Waals surface area contributed by atoms with Crippen molar-refractivity contribution in [2.45, 2.75) is 20.3 Å². The second kappa shape index (κ2) is 12.3. The summed E-state index contributed by atoms with van der Waals surface area (Å²) in [4.78, 5) is 31.8. The first-order valence-electron chi connectivity index (χ1n) is 10.8. The lowest BCUT2D eigenvalue weighted by Gasteiger charge is -2.14. The SMILES string of the molecule is [C-]#[N+]c1ccc(NC(=O)Nc2cc(Cl)ccc2OCCCNC(=O)Nc2c(C)cccc2C)nc1. The quantitative estimate of drug-likeness (QED) is 0.224. The third kappa shape index (κ3) is 7.62. The van der Waals surface area contributed by atoms with Crippen LogP contribution in [0.4, 0.5) is 32.5 Å². The molecular formula is C25H25ClN6O3. The first kappa shape index (κ1) is 25.3. The van der Waals surface area contributed by atoms with Gasteiger partial charge in [-0.15, -0.1) is 0 Å². The van der Waals surface area contributed by atoms with Crippen LogP contribution in [0.25, 0.3) is 4.85 Å². The molecule has 1 aromatic heterocycles. The van der Waals surface area contributed by atoms with E-state index in [0.717, 1.165) is 16.8 Å². The molecule has 0 fully saturated rings. The van der Waals surface area contributed by atoms with Crippen molar-refractivity contribution in [2.75, 3.05) is 29.1 Å². The Kier molecular flexibility index (Phi) is 8.87. The number of para-hydroxylation sites is 1. The fourth-order valence-corrected chi connectivity index (χ4v) is 3.32. The smallest absolute Gasteiger partial charge is 0.324 e. The van der Waals surface area contributed by atoms with Crippen molar-refractivity contribution in [3.8, 4) is 5.75 Å². The van der Waals surface area contributed by atoms with E-state index in [-0.39, 0.29) is 6.03 Å². The number of amides is 4. The molecule has 0 atom stereocenters. The molecule has 0 unspecified atom stereocenters. The maximum atomic E-state index is 12.4. The van der Waals surface area contributed by atoms with Crippen molar-refractivity contribution < 1.29 is 14.3 Å². The topological polar surface area (TPSA) is 109 Å². The van der Waals surface area contributed by atoms with Gasteiger partial charge in [-0.05, 0) is 55.7 Å². The molecule has 4 amide bonds. The summed E-state index contributed by atoms with van der Waals surface area (Å²) in [6.07, 6.45) is 1.92. The maximum Gasteiger partial charge on any atom is 0.324 e. The van der Waals surface area contributed by atoms with Crippen molar-refractivity contribution in [2.24, 2.45) is 0 Å². The lowest BCUT2D eigenvalue weighted by atomic mass is 10.1. The highest BCUT2D eigenvalue weighted by molar-refractivity contribution is 6.31. The Morgan fingerprint density at radius 2 is 1.80 bits per heavy atom. The fourth-order valence-electron chi connectivity index (χ4n) is 3.15. The molecule has 3 rings (SSSR count). The van der Waals surface area contributed by atoms with E-state index in [2.05, 4.69) is 31.1 Å². The van der Waals surface area contributed by atoms with Crippen LogP contribution in [0.2, 0.25) is 5.02 Å². The predicted octanol–water partition coefficient (Wildman–Crippen LogP) is 6.14. The van der Waals surface area contributed by atoms with Crippen molar-refractivity contribution >= 4 is 46.5 Å². The van der Waals surface area contributed by atoms with Gasteiger partial charge < -0.3 is 20.7 Å². The van der Waals surface area contributed by atoms with Crippen molar-refractivity contribution in [1.29, 1.82) is 0 Å². The Balaban J connectivity index is 1.47. The summed E-state index contributed by atoms with van der Waals surface area (Å²) in [6.45, 7) is 11.5. The number of benzene rings is 2. The summed E-state index contributed by atoms with van der Waals surface area (Å²) in [7, 11) is 0. The summed E-state index contributed by atoms with van der Waals surface area (Å²) in [5.41, 5.74) is 3.54. The number of aryl methyl sites for hydroxylation is 2. The number of carbonyl (C=O) groups excluding carboxylic acids is 2. The molecule has 0 aliphatic carbocycles. The van der Waals surface area contributed by atoms with Crippen molar-refractivity contribution in [3.05, 3.63) is 82.3 Å². The van der Waals surface area contributed by atoms with Gasteiger partial charge in [-0.1, -0.05) is 35.9 Å². The number of pyridine rings is 1. The zero-order valence-electron chi connectivity index (χ0n) is 19.3. The summed E-state index contributed by atoms with van der Waals surface area (Å²) in [6, 6.07) is 13.0. The zero-order valence-corrected chi connectivity index (χ0v) is 20.1. The first-order valence-corrected chi connectivity index (χ1v) is 11.2. The Morgan fingerprint density at radius 1 is 1.03 bits per heavy atom. The lowest BCUT2D eigenvalue weighted by Crippen LogP contribution is -2.30. The molecular weight excluding hydrogens is 468 g/mol. The molecule has 0 saturated carbocycles. The van der Waals surface area contributed by atoms with Crippen LogP contribution in [-0.2, 0) is 0 Å². The standard InChI is InChI=1S/C25H25ClN6O3/c1-16-6-4-7-17(2)23(16)32-24(33)28-12-5-13-35-21-10-8-18(26)14-20(21)30-25(34)31-22-11-9-19(27-3)15-29-22/h4,6-11,14-15H,5,12-13H2,1-2H3,(H2,28,32,33)(H2,29,30,31,34). The summed E-state index contributed by atoms with van der Waals surface area (Å²) in [5.74, 6) is 0.727. The molecule has 0 radical (unpaired) electrons. The molecule has 35 heavy (non-hydrogen) atoms. The summed E-state index contributed by atoms with van der Waals surface area (Å²) >= 11 is 6.08. The van der Waals surface area contributed by atoms with Crippen molar-refractivity contribution in [1.82, 2.24) is 10.3 Å². The predicted molar refractivity (Wildman–Crippen MR) is 138 cm³/mol. The Morgan fingerprint density at radius 3 is 2.49 bits per heavy atom. The van der Waals surface area contributed by atoms with Gasteiger partial charge in [0.05, 0.1) is 18.9 Å². The number of hydrogen-bond donors (Lipinski definition) is 4. The minimum atomic E-state index is -0.537. The third-order valence-electron chi connectivity index (χ3n) is 4.89. The lowest BCUT2D eigenvalue weighted by molar-refractivity contribution is 0.250. The molecule has 4 N–H and O–H groups in total. The fraction of sp³-hybridized carbons (Fsp3) is 0.200. The number of hydrogen-bond acceptors (Lipinski definition) is 4. The molecule has 0 spiro atoms. The molecule has 3 aromatic rings. The van der Waals surface area contributed by atoms with Gasteiger partial charge in [0, 0.05) is 23.5 Å². The van der Waals surface area contributed by atoms with Gasteiger partial charge in [0.15, 0.2) is 0 Å². The number of urea groups is 2. The van der Waals surface area contributed by atoms with Crippen LogP contribution in [0, 0.1) is 20.4 Å². The van der Waals surface area contributed by atoms with E-state index in [1.165, 1.54) is 12.3 Å². The second-order valence-corrected chi connectivity index (χ2v) is 8.02. The van der Waals surface area contributed by atoms with Crippen LogP contribution in [-0.4, -0.2) is 30.2 Å². The molecule has 0 saturated heterocycles. The first-order chi connectivity index (χ1) is 16.9. The van der Waals surface area contributed by atoms with E-state index in [1.54, 1.807) is 24.3 Å². The zero-order chi connectivity index (χ0) is 25.2. The van der Waals surface area contributed by atoms with Crippen LogP contribution in [0.3, 0.4) is 0 Å². The Hall–Kier alpha value is -4.29. The average molecular weight is 493 g/mol. The molecule has 9 nitrogen and oxygen atoms in total. The number of rotatable bonds is 8. The van der Waals surface area contributed by atoms with Gasteiger partial charge in [0.1, 0.15) is 11.6 Å². The van der Waals surface area contributed by atoms with E-state index in [0.29, 0.717) is 47.5 Å². The number of ether oxygens (including phenoxy) is 1. The normalized spacial score (nSPS) is 10.1. The molecule has 180 valence electrons. The van der Waals surface area contributed by atoms with Gasteiger partial charge >= 0.3 is 12.1 Å². The molecule has 0 aliphatic heterocycles. The molecule has 0 bridgehead atoms. The summed E-state index contributed by atoms with van der Waals surface area (Å²) in [5, 5.41) is 11.4. The number of carbonyl (C=O) groups is 2. The van der Waals surface area contributed by atoms with Crippen LogP contribution < -0.4 is 26.0 Å². The monoisotopic (exact) mass is 492 g/mol. The van der Waals surface area contributed by atoms with Crippen LogP contribution in [0.5, 0.6) is 5.75 Å². The van der Waals surface area contributed by atoms with E-state index in [4.69, 9.17) is 22.9 Å². The highest BCUT2D eigenvalue weighted by Gasteiger charge is 2.11. The van der Waals surface area contributed by atoms with E-state index >= 15 is 0 Å². The van der Waals surface area contributed by atoms with E-state index < -0.39 is 6.03 Å². The van der Waals surface area contributed by atoms with Gasteiger partial charge in [0.2, 0.25) is 5.69 Å². The van der Waals surface area contributed by atoms with Gasteiger partial charge in [-0.25, -0.2) is 14.4 Å². The number of aromatic nitrogens is 1. The molecule has 10 heteroatoms. The minimum Gasteiger partial charge on any atom is -0.491 e. The molecule has 0 aliphatic rings. The highest BCUT2D eigenvalue weighted by Crippen LogP contribution is 2.28. The Bertz CT molecular complexity index is 1220. The molecule has 1 heterocycles. The number of halogens is 1. The third-order valence-corrected chi connectivity index (χ3v) is 5.13. The minimum absolute atomic E-state index is 0.286. The van der Waals surface area contributed by atoms with E-state index in [1.807, 2.05) is 32.0 Å². The average Bonchev–Trinajstić information content (AvgIpc) is 2.83. The van der Waals surface area contributed by atoms with Crippen molar-refractivity contribution in [3.63, 3.8) is 0 Å². The highest BCUT2D eigenvalue weighted by atomic mass is 35.5. The second-order valence-electron chi connectivity index (χ2n) is 7.58. The van der Waals surface area contributed by atoms with E-state index in [9.17, 15) is 9.59 Å². The Labute approximate surface area is 208 Å². The van der Waals surface area contributed by atoms with Gasteiger partial charge in [-0.2, -0.15) is 0 Å². The number of nitrogens with one attached hydrogen (secondary N) is 4. The van der Waals surface area contributed by atoms with Crippen LogP contribution >= 0.6 is 11.6 Å².